The highest BCUT2D eigenvalue weighted by Crippen LogP contribution is 2.35. The van der Waals surface area contributed by atoms with Crippen LogP contribution in [-0.2, 0) is 0 Å². The van der Waals surface area contributed by atoms with Gasteiger partial charge in [-0.05, 0) is 52.1 Å². The molecule has 0 saturated heterocycles. The minimum Gasteiger partial charge on any atom is -0.497 e. The summed E-state index contributed by atoms with van der Waals surface area (Å²) in [7, 11) is 1.70. The maximum Gasteiger partial charge on any atom is 0.118 e. The third-order valence-corrected chi connectivity index (χ3v) is 4.69. The zero-order chi connectivity index (χ0) is 17.2. The van der Waals surface area contributed by atoms with Crippen LogP contribution < -0.4 is 4.74 Å². The molecule has 0 bridgehead atoms. The van der Waals surface area contributed by atoms with E-state index in [2.05, 4.69) is 79.7 Å². The van der Waals surface area contributed by atoms with Gasteiger partial charge < -0.3 is 4.74 Å². The van der Waals surface area contributed by atoms with E-state index in [4.69, 9.17) is 4.74 Å². The van der Waals surface area contributed by atoms with Crippen molar-refractivity contribution >= 4 is 10.8 Å². The molecule has 0 spiro atoms. The van der Waals surface area contributed by atoms with Gasteiger partial charge in [0, 0.05) is 0 Å². The van der Waals surface area contributed by atoms with Gasteiger partial charge in [-0.1, -0.05) is 78.4 Å². The van der Waals surface area contributed by atoms with E-state index in [1.54, 1.807) is 7.11 Å². The van der Waals surface area contributed by atoms with Crippen LogP contribution in [0.15, 0.2) is 84.9 Å². The van der Waals surface area contributed by atoms with Crippen LogP contribution in [0.25, 0.3) is 33.0 Å². The van der Waals surface area contributed by atoms with Crippen LogP contribution in [0.5, 0.6) is 5.75 Å². The van der Waals surface area contributed by atoms with Crippen LogP contribution in [0.3, 0.4) is 0 Å². The second-order valence-electron chi connectivity index (χ2n) is 6.30. The van der Waals surface area contributed by atoms with Crippen LogP contribution in [0.2, 0.25) is 0 Å². The van der Waals surface area contributed by atoms with E-state index in [1.807, 2.05) is 12.1 Å². The first-order valence-corrected chi connectivity index (χ1v) is 8.49. The SMILES string of the molecule is COc1ccc(-c2cccc3c(-c4ccc(C)cc4)cccc23)cc1. The van der Waals surface area contributed by atoms with Crippen molar-refractivity contribution in [2.24, 2.45) is 0 Å². The van der Waals surface area contributed by atoms with Crippen molar-refractivity contribution in [1.29, 1.82) is 0 Å². The number of ether oxygens (including phenoxy) is 1. The van der Waals surface area contributed by atoms with Crippen molar-refractivity contribution in [1.82, 2.24) is 0 Å². The molecule has 0 saturated carbocycles. The molecule has 4 aromatic carbocycles. The van der Waals surface area contributed by atoms with E-state index >= 15 is 0 Å². The molecule has 122 valence electrons. The molecule has 1 nitrogen and oxygen atoms in total. The first kappa shape index (κ1) is 15.5. The topological polar surface area (TPSA) is 9.23 Å². The van der Waals surface area contributed by atoms with Gasteiger partial charge in [0.05, 0.1) is 7.11 Å². The van der Waals surface area contributed by atoms with Crippen LogP contribution in [-0.4, -0.2) is 7.11 Å². The molecule has 0 atom stereocenters. The molecule has 0 aliphatic rings. The summed E-state index contributed by atoms with van der Waals surface area (Å²) in [5.41, 5.74) is 6.25. The average molecular weight is 324 g/mol. The van der Waals surface area contributed by atoms with Crippen molar-refractivity contribution < 1.29 is 4.74 Å². The van der Waals surface area contributed by atoms with E-state index < -0.39 is 0 Å². The summed E-state index contributed by atoms with van der Waals surface area (Å²) >= 11 is 0. The van der Waals surface area contributed by atoms with Gasteiger partial charge >= 0.3 is 0 Å². The van der Waals surface area contributed by atoms with E-state index in [9.17, 15) is 0 Å². The molecule has 0 heterocycles. The van der Waals surface area contributed by atoms with Gasteiger partial charge in [-0.25, -0.2) is 0 Å². The molecule has 0 aliphatic carbocycles. The number of hydrogen-bond donors (Lipinski definition) is 0. The van der Waals surface area contributed by atoms with Gasteiger partial charge in [0.25, 0.3) is 0 Å². The average Bonchev–Trinajstić information content (AvgIpc) is 2.68. The van der Waals surface area contributed by atoms with E-state index in [0.29, 0.717) is 0 Å². The van der Waals surface area contributed by atoms with E-state index in [0.717, 1.165) is 5.75 Å². The number of fused-ring (bicyclic) bond motifs is 1. The number of benzene rings is 4. The summed E-state index contributed by atoms with van der Waals surface area (Å²) in [6, 6.07) is 30.1. The third kappa shape index (κ3) is 2.89. The van der Waals surface area contributed by atoms with Crippen molar-refractivity contribution in [2.45, 2.75) is 6.92 Å². The smallest absolute Gasteiger partial charge is 0.118 e. The zero-order valence-electron chi connectivity index (χ0n) is 14.5. The molecule has 0 amide bonds. The summed E-state index contributed by atoms with van der Waals surface area (Å²) < 4.78 is 5.28. The lowest BCUT2D eigenvalue weighted by Gasteiger charge is -2.12. The summed E-state index contributed by atoms with van der Waals surface area (Å²) in [6.07, 6.45) is 0. The van der Waals surface area contributed by atoms with Crippen LogP contribution in [0.4, 0.5) is 0 Å². The first-order chi connectivity index (χ1) is 12.3. The molecule has 0 radical (unpaired) electrons. The minimum atomic E-state index is 0.879. The number of rotatable bonds is 3. The fourth-order valence-corrected chi connectivity index (χ4v) is 3.32. The van der Waals surface area contributed by atoms with Gasteiger partial charge in [0.2, 0.25) is 0 Å². The number of aryl methyl sites for hydroxylation is 1. The normalized spacial score (nSPS) is 10.8. The number of methoxy groups -OCH3 is 1. The Balaban J connectivity index is 1.90. The Kier molecular flexibility index (Phi) is 3.99. The molecule has 25 heavy (non-hydrogen) atoms. The molecule has 0 aliphatic heterocycles. The summed E-state index contributed by atoms with van der Waals surface area (Å²) in [6.45, 7) is 2.12. The predicted molar refractivity (Wildman–Crippen MR) is 106 cm³/mol. The summed E-state index contributed by atoms with van der Waals surface area (Å²) in [5, 5.41) is 2.55. The molecule has 4 rings (SSSR count). The third-order valence-electron chi connectivity index (χ3n) is 4.69. The molecule has 4 aromatic rings. The van der Waals surface area contributed by atoms with Gasteiger partial charge in [0.15, 0.2) is 0 Å². The van der Waals surface area contributed by atoms with Gasteiger partial charge in [-0.3, -0.25) is 0 Å². The van der Waals surface area contributed by atoms with Gasteiger partial charge in [0.1, 0.15) is 5.75 Å². The summed E-state index contributed by atoms with van der Waals surface area (Å²) in [4.78, 5) is 0. The lowest BCUT2D eigenvalue weighted by Crippen LogP contribution is -1.86. The first-order valence-electron chi connectivity index (χ1n) is 8.49. The molecule has 0 unspecified atom stereocenters. The Labute approximate surface area is 148 Å². The molecular weight excluding hydrogens is 304 g/mol. The molecule has 0 aromatic heterocycles. The monoisotopic (exact) mass is 324 g/mol. The highest BCUT2D eigenvalue weighted by molar-refractivity contribution is 6.04. The quantitative estimate of drug-likeness (QED) is 0.418. The van der Waals surface area contributed by atoms with Crippen LogP contribution >= 0.6 is 0 Å². The Morgan fingerprint density at radius 2 is 1.04 bits per heavy atom. The van der Waals surface area contributed by atoms with Crippen molar-refractivity contribution in [2.75, 3.05) is 7.11 Å². The Morgan fingerprint density at radius 1 is 0.560 bits per heavy atom. The zero-order valence-corrected chi connectivity index (χ0v) is 14.5. The predicted octanol–water partition coefficient (Wildman–Crippen LogP) is 6.49. The highest BCUT2D eigenvalue weighted by atomic mass is 16.5. The Morgan fingerprint density at radius 3 is 1.52 bits per heavy atom. The van der Waals surface area contributed by atoms with E-state index in [-0.39, 0.29) is 0 Å². The maximum atomic E-state index is 5.28. The second-order valence-corrected chi connectivity index (χ2v) is 6.30. The van der Waals surface area contributed by atoms with Gasteiger partial charge in [-0.2, -0.15) is 0 Å². The van der Waals surface area contributed by atoms with E-state index in [1.165, 1.54) is 38.6 Å². The lowest BCUT2D eigenvalue weighted by molar-refractivity contribution is 0.415. The summed E-state index contributed by atoms with van der Waals surface area (Å²) in [5.74, 6) is 0.879. The lowest BCUT2D eigenvalue weighted by atomic mass is 9.93. The standard InChI is InChI=1S/C24H20O/c1-17-9-11-18(12-10-17)21-5-3-8-24-22(6-4-7-23(21)24)19-13-15-20(25-2)16-14-19/h3-16H,1-2H3. The van der Waals surface area contributed by atoms with Crippen molar-refractivity contribution in [3.8, 4) is 28.0 Å². The second kappa shape index (κ2) is 6.45. The molecule has 0 fully saturated rings. The van der Waals surface area contributed by atoms with Gasteiger partial charge in [-0.15, -0.1) is 0 Å². The Bertz CT molecular complexity index is 1010. The van der Waals surface area contributed by atoms with Crippen LogP contribution in [0.1, 0.15) is 5.56 Å². The van der Waals surface area contributed by atoms with Crippen LogP contribution in [0, 0.1) is 6.92 Å². The molecular formula is C24H20O. The molecule has 0 N–H and O–H groups in total. The molecule has 1 heteroatoms. The number of hydrogen-bond acceptors (Lipinski definition) is 1. The van der Waals surface area contributed by atoms with Crippen molar-refractivity contribution in [3.63, 3.8) is 0 Å². The fourth-order valence-electron chi connectivity index (χ4n) is 3.32. The maximum absolute atomic E-state index is 5.28. The van der Waals surface area contributed by atoms with Crippen molar-refractivity contribution in [3.05, 3.63) is 90.5 Å². The minimum absolute atomic E-state index is 0.879. The fraction of sp³-hybridized carbons (Fsp3) is 0.0833. The largest absolute Gasteiger partial charge is 0.497 e. The highest BCUT2D eigenvalue weighted by Gasteiger charge is 2.08. The Hall–Kier alpha value is -3.06.